The summed E-state index contributed by atoms with van der Waals surface area (Å²) in [6, 6.07) is 1.17. The fourth-order valence-corrected chi connectivity index (χ4v) is 1.98. The first-order chi connectivity index (χ1) is 6.89. The lowest BCUT2D eigenvalue weighted by Gasteiger charge is -2.43. The lowest BCUT2D eigenvalue weighted by atomic mass is 9.90. The predicted molar refractivity (Wildman–Crippen MR) is 62.1 cm³/mol. The summed E-state index contributed by atoms with van der Waals surface area (Å²) in [5.41, 5.74) is 1.53. The van der Waals surface area contributed by atoms with E-state index in [-0.39, 0.29) is 5.41 Å². The molecule has 0 spiro atoms. The van der Waals surface area contributed by atoms with E-state index in [1.54, 1.807) is 0 Å². The highest BCUT2D eigenvalue weighted by atomic mass is 15.4. The van der Waals surface area contributed by atoms with Gasteiger partial charge in [-0.05, 0) is 24.9 Å². The van der Waals surface area contributed by atoms with Crippen molar-refractivity contribution in [3.05, 3.63) is 18.0 Å². The molecule has 15 heavy (non-hydrogen) atoms. The van der Waals surface area contributed by atoms with Crippen molar-refractivity contribution in [1.82, 2.24) is 14.7 Å². The smallest absolute Gasteiger partial charge is 0.0798 e. The highest BCUT2D eigenvalue weighted by Gasteiger charge is 2.34. The van der Waals surface area contributed by atoms with E-state index in [0.717, 1.165) is 6.54 Å². The number of aromatic nitrogens is 2. The summed E-state index contributed by atoms with van der Waals surface area (Å²) < 4.78 is 2.13. The van der Waals surface area contributed by atoms with Gasteiger partial charge in [-0.25, -0.2) is 0 Å². The molecule has 0 bridgehead atoms. The first kappa shape index (κ1) is 10.7. The Balaban J connectivity index is 2.15. The van der Waals surface area contributed by atoms with E-state index < -0.39 is 0 Å². The first-order valence-electron chi connectivity index (χ1n) is 5.64. The first-order valence-corrected chi connectivity index (χ1v) is 5.64. The van der Waals surface area contributed by atoms with Crippen LogP contribution in [-0.2, 0) is 5.41 Å². The molecule has 0 saturated carbocycles. The standard InChI is InChI=1S/C12H21N3/c1-9-11(8-14(9)5)15-7-10(6-13-15)12(2,3)4/h6-7,9,11H,8H2,1-5H3. The number of hydrogen-bond donors (Lipinski definition) is 0. The van der Waals surface area contributed by atoms with Gasteiger partial charge in [-0.1, -0.05) is 20.8 Å². The molecule has 2 atom stereocenters. The molecule has 3 nitrogen and oxygen atoms in total. The maximum absolute atomic E-state index is 4.48. The lowest BCUT2D eigenvalue weighted by Crippen LogP contribution is -2.52. The van der Waals surface area contributed by atoms with Crippen molar-refractivity contribution in [2.45, 2.75) is 45.2 Å². The van der Waals surface area contributed by atoms with Gasteiger partial charge in [-0.15, -0.1) is 0 Å². The summed E-state index contributed by atoms with van der Waals surface area (Å²) in [6.07, 6.45) is 4.21. The van der Waals surface area contributed by atoms with Crippen LogP contribution in [0.4, 0.5) is 0 Å². The number of likely N-dealkylation sites (N-methyl/N-ethyl adjacent to an activating group) is 1. The molecule has 1 aliphatic heterocycles. The molecular formula is C12H21N3. The van der Waals surface area contributed by atoms with Crippen LogP contribution < -0.4 is 0 Å². The van der Waals surface area contributed by atoms with Crippen LogP contribution in [0.2, 0.25) is 0 Å². The maximum atomic E-state index is 4.48. The fraction of sp³-hybridized carbons (Fsp3) is 0.750. The van der Waals surface area contributed by atoms with Gasteiger partial charge in [0.15, 0.2) is 0 Å². The van der Waals surface area contributed by atoms with Crippen LogP contribution in [0.3, 0.4) is 0 Å². The molecule has 2 unspecified atom stereocenters. The minimum absolute atomic E-state index is 0.205. The topological polar surface area (TPSA) is 21.1 Å². The van der Waals surface area contributed by atoms with Crippen LogP contribution in [0.25, 0.3) is 0 Å². The summed E-state index contributed by atoms with van der Waals surface area (Å²) in [5, 5.41) is 4.48. The number of likely N-dealkylation sites (tertiary alicyclic amines) is 1. The maximum Gasteiger partial charge on any atom is 0.0798 e. The number of nitrogens with zero attached hydrogens (tertiary/aromatic N) is 3. The Labute approximate surface area is 92.1 Å². The second kappa shape index (κ2) is 3.34. The van der Waals surface area contributed by atoms with E-state index in [1.807, 2.05) is 6.20 Å². The fourth-order valence-electron chi connectivity index (χ4n) is 1.98. The zero-order valence-electron chi connectivity index (χ0n) is 10.4. The Morgan fingerprint density at radius 3 is 2.47 bits per heavy atom. The zero-order chi connectivity index (χ0) is 11.2. The van der Waals surface area contributed by atoms with Crippen molar-refractivity contribution in [3.8, 4) is 0 Å². The quantitative estimate of drug-likeness (QED) is 0.703. The highest BCUT2D eigenvalue weighted by Crippen LogP contribution is 2.29. The second-order valence-corrected chi connectivity index (χ2v) is 5.71. The van der Waals surface area contributed by atoms with Gasteiger partial charge in [0.05, 0.1) is 12.2 Å². The third kappa shape index (κ3) is 1.81. The summed E-state index contributed by atoms with van der Waals surface area (Å²) in [6.45, 7) is 10.1. The molecule has 84 valence electrons. The molecule has 1 fully saturated rings. The molecule has 0 radical (unpaired) electrons. The Morgan fingerprint density at radius 2 is 2.07 bits per heavy atom. The van der Waals surface area contributed by atoms with Gasteiger partial charge >= 0.3 is 0 Å². The summed E-state index contributed by atoms with van der Waals surface area (Å²) >= 11 is 0. The minimum atomic E-state index is 0.205. The van der Waals surface area contributed by atoms with Gasteiger partial charge in [0.1, 0.15) is 0 Å². The summed E-state index contributed by atoms with van der Waals surface area (Å²) in [7, 11) is 2.16. The zero-order valence-corrected chi connectivity index (χ0v) is 10.4. The summed E-state index contributed by atoms with van der Waals surface area (Å²) in [5.74, 6) is 0. The van der Waals surface area contributed by atoms with Crippen LogP contribution in [0, 0.1) is 0 Å². The van der Waals surface area contributed by atoms with E-state index >= 15 is 0 Å². The Kier molecular flexibility index (Phi) is 2.38. The predicted octanol–water partition coefficient (Wildman–Crippen LogP) is 2.06. The minimum Gasteiger partial charge on any atom is -0.299 e. The Bertz CT molecular complexity index is 348. The third-order valence-electron chi connectivity index (χ3n) is 3.53. The SMILES string of the molecule is CC1C(n2cc(C(C)(C)C)cn2)CN1C. The van der Waals surface area contributed by atoms with Crippen LogP contribution >= 0.6 is 0 Å². The molecule has 1 aromatic heterocycles. The van der Waals surface area contributed by atoms with Crippen LogP contribution in [0.5, 0.6) is 0 Å². The van der Waals surface area contributed by atoms with Gasteiger partial charge in [-0.3, -0.25) is 9.58 Å². The van der Waals surface area contributed by atoms with Gasteiger partial charge in [-0.2, -0.15) is 5.10 Å². The van der Waals surface area contributed by atoms with Gasteiger partial charge in [0, 0.05) is 18.8 Å². The van der Waals surface area contributed by atoms with Crippen LogP contribution in [-0.4, -0.2) is 34.3 Å². The van der Waals surface area contributed by atoms with E-state index in [2.05, 4.69) is 55.6 Å². The molecule has 1 saturated heterocycles. The van der Waals surface area contributed by atoms with Crippen molar-refractivity contribution in [3.63, 3.8) is 0 Å². The van der Waals surface area contributed by atoms with Crippen molar-refractivity contribution in [2.75, 3.05) is 13.6 Å². The molecule has 2 heterocycles. The van der Waals surface area contributed by atoms with E-state index in [4.69, 9.17) is 0 Å². The normalized spacial score (nSPS) is 27.8. The van der Waals surface area contributed by atoms with Crippen molar-refractivity contribution in [2.24, 2.45) is 0 Å². The van der Waals surface area contributed by atoms with Crippen LogP contribution in [0.15, 0.2) is 12.4 Å². The average molecular weight is 207 g/mol. The number of hydrogen-bond acceptors (Lipinski definition) is 2. The lowest BCUT2D eigenvalue weighted by molar-refractivity contribution is 0.0552. The van der Waals surface area contributed by atoms with Crippen molar-refractivity contribution in [1.29, 1.82) is 0 Å². The van der Waals surface area contributed by atoms with Crippen molar-refractivity contribution < 1.29 is 0 Å². The van der Waals surface area contributed by atoms with E-state index in [9.17, 15) is 0 Å². The molecule has 0 aromatic carbocycles. The van der Waals surface area contributed by atoms with Gasteiger partial charge in [0.2, 0.25) is 0 Å². The van der Waals surface area contributed by atoms with Crippen molar-refractivity contribution >= 4 is 0 Å². The molecule has 0 N–H and O–H groups in total. The Morgan fingerprint density at radius 1 is 1.40 bits per heavy atom. The van der Waals surface area contributed by atoms with E-state index in [0.29, 0.717) is 12.1 Å². The molecule has 1 aliphatic rings. The molecule has 3 heteroatoms. The third-order valence-corrected chi connectivity index (χ3v) is 3.53. The Hall–Kier alpha value is -0.830. The molecular weight excluding hydrogens is 186 g/mol. The second-order valence-electron chi connectivity index (χ2n) is 5.71. The van der Waals surface area contributed by atoms with Crippen LogP contribution in [0.1, 0.15) is 39.3 Å². The number of rotatable bonds is 1. The average Bonchev–Trinajstić information content (AvgIpc) is 2.61. The van der Waals surface area contributed by atoms with Gasteiger partial charge in [0.25, 0.3) is 0 Å². The monoisotopic (exact) mass is 207 g/mol. The van der Waals surface area contributed by atoms with Gasteiger partial charge < -0.3 is 0 Å². The largest absolute Gasteiger partial charge is 0.299 e. The molecule has 0 amide bonds. The summed E-state index contributed by atoms with van der Waals surface area (Å²) in [4.78, 5) is 2.35. The molecule has 2 rings (SSSR count). The molecule has 0 aliphatic carbocycles. The highest BCUT2D eigenvalue weighted by molar-refractivity contribution is 5.16. The molecule has 1 aromatic rings. The van der Waals surface area contributed by atoms with E-state index in [1.165, 1.54) is 5.56 Å².